The minimum atomic E-state index is -2.67. The van der Waals surface area contributed by atoms with Crippen LogP contribution in [-0.4, -0.2) is 6.43 Å². The lowest BCUT2D eigenvalue weighted by Crippen LogP contribution is -2.03. The third-order valence-electron chi connectivity index (χ3n) is 2.03. The fourth-order valence-corrected chi connectivity index (χ4v) is 1.25. The van der Waals surface area contributed by atoms with Crippen LogP contribution in [0.3, 0.4) is 0 Å². The molecule has 3 heteroatoms. The number of rotatable bonds is 2. The van der Waals surface area contributed by atoms with Gasteiger partial charge in [0.05, 0.1) is 0 Å². The van der Waals surface area contributed by atoms with Gasteiger partial charge in [0.2, 0.25) is 0 Å². The molecule has 0 aliphatic heterocycles. The molecule has 0 saturated heterocycles. The topological polar surface area (TPSA) is 0 Å². The van der Waals surface area contributed by atoms with E-state index in [1.807, 2.05) is 6.92 Å². The number of halogens is 3. The highest BCUT2D eigenvalue weighted by molar-refractivity contribution is 5.32. The molecule has 0 amide bonds. The van der Waals surface area contributed by atoms with Crippen LogP contribution in [0.25, 0.3) is 0 Å². The van der Waals surface area contributed by atoms with E-state index in [0.717, 1.165) is 12.0 Å². The van der Waals surface area contributed by atoms with Gasteiger partial charge in [-0.15, -0.1) is 0 Å². The third-order valence-corrected chi connectivity index (χ3v) is 2.03. The van der Waals surface area contributed by atoms with Crippen LogP contribution in [0.4, 0.5) is 13.2 Å². The van der Waals surface area contributed by atoms with E-state index in [0.29, 0.717) is 6.42 Å². The van der Waals surface area contributed by atoms with Gasteiger partial charge in [0.25, 0.3) is 6.43 Å². The van der Waals surface area contributed by atoms with E-state index in [1.54, 1.807) is 0 Å². The van der Waals surface area contributed by atoms with Crippen LogP contribution in [-0.2, 0) is 0 Å². The predicted molar refractivity (Wildman–Crippen MR) is 41.7 cm³/mol. The van der Waals surface area contributed by atoms with Crippen molar-refractivity contribution in [3.8, 4) is 0 Å². The fraction of sp³-hybridized carbons (Fsp3) is 0.556. The Morgan fingerprint density at radius 1 is 1.42 bits per heavy atom. The van der Waals surface area contributed by atoms with Gasteiger partial charge in [-0.2, -0.15) is 0 Å². The summed E-state index contributed by atoms with van der Waals surface area (Å²) in [4.78, 5) is 0. The maximum absolute atomic E-state index is 12.8. The second-order valence-electron chi connectivity index (χ2n) is 2.82. The van der Waals surface area contributed by atoms with Gasteiger partial charge in [0, 0.05) is 12.0 Å². The van der Waals surface area contributed by atoms with E-state index in [4.69, 9.17) is 0 Å². The summed E-state index contributed by atoms with van der Waals surface area (Å²) in [5, 5.41) is 0. The summed E-state index contributed by atoms with van der Waals surface area (Å²) >= 11 is 0. The Kier molecular flexibility index (Phi) is 2.95. The summed E-state index contributed by atoms with van der Waals surface area (Å²) in [5.41, 5.74) is 0.491. The molecule has 0 radical (unpaired) electrons. The zero-order chi connectivity index (χ0) is 9.14. The quantitative estimate of drug-likeness (QED) is 0.603. The highest BCUT2D eigenvalue weighted by atomic mass is 19.3. The normalized spacial score (nSPS) is 18.6. The summed E-state index contributed by atoms with van der Waals surface area (Å²) in [6, 6.07) is 0. The molecule has 0 bridgehead atoms. The average molecular weight is 176 g/mol. The van der Waals surface area contributed by atoms with Crippen molar-refractivity contribution >= 4 is 0 Å². The van der Waals surface area contributed by atoms with Crippen LogP contribution in [0.15, 0.2) is 23.0 Å². The Hall–Kier alpha value is -0.730. The van der Waals surface area contributed by atoms with Crippen LogP contribution in [0, 0.1) is 0 Å². The molecule has 68 valence electrons. The van der Waals surface area contributed by atoms with Crippen molar-refractivity contribution in [2.24, 2.45) is 0 Å². The molecule has 1 rings (SSSR count). The molecular weight excluding hydrogens is 165 g/mol. The molecule has 0 aromatic rings. The number of alkyl halides is 2. The molecule has 12 heavy (non-hydrogen) atoms. The standard InChI is InChI=1S/C9H11F3/c1-2-6-3-4-8(10)7(5-6)9(11)12/h5,9H,2-4H2,1H3. The lowest BCUT2D eigenvalue weighted by molar-refractivity contribution is 0.188. The van der Waals surface area contributed by atoms with Gasteiger partial charge in [-0.05, 0) is 12.8 Å². The van der Waals surface area contributed by atoms with Gasteiger partial charge in [-0.1, -0.05) is 18.6 Å². The van der Waals surface area contributed by atoms with Crippen LogP contribution in [0.2, 0.25) is 0 Å². The van der Waals surface area contributed by atoms with Gasteiger partial charge in [0.15, 0.2) is 0 Å². The molecule has 0 spiro atoms. The average Bonchev–Trinajstić information content (AvgIpc) is 2.05. The van der Waals surface area contributed by atoms with Crippen LogP contribution < -0.4 is 0 Å². The van der Waals surface area contributed by atoms with E-state index in [-0.39, 0.29) is 6.42 Å². The molecule has 0 heterocycles. The van der Waals surface area contributed by atoms with Crippen molar-refractivity contribution in [1.82, 2.24) is 0 Å². The Morgan fingerprint density at radius 2 is 2.08 bits per heavy atom. The molecule has 0 atom stereocenters. The van der Waals surface area contributed by atoms with E-state index in [9.17, 15) is 13.2 Å². The zero-order valence-corrected chi connectivity index (χ0v) is 6.91. The van der Waals surface area contributed by atoms with Crippen molar-refractivity contribution in [1.29, 1.82) is 0 Å². The number of hydrogen-bond acceptors (Lipinski definition) is 0. The first-order chi connectivity index (χ1) is 5.65. The molecule has 0 aromatic carbocycles. The van der Waals surface area contributed by atoms with E-state index >= 15 is 0 Å². The third kappa shape index (κ3) is 1.90. The molecule has 0 N–H and O–H groups in total. The number of allylic oxidation sites excluding steroid dienone is 4. The van der Waals surface area contributed by atoms with Gasteiger partial charge in [0.1, 0.15) is 5.83 Å². The second-order valence-corrected chi connectivity index (χ2v) is 2.82. The van der Waals surface area contributed by atoms with Crippen LogP contribution in [0.5, 0.6) is 0 Å². The predicted octanol–water partition coefficient (Wildman–Crippen LogP) is 3.61. The number of hydrogen-bond donors (Lipinski definition) is 0. The van der Waals surface area contributed by atoms with E-state index < -0.39 is 17.8 Å². The minimum absolute atomic E-state index is 0.138. The summed E-state index contributed by atoms with van der Waals surface area (Å²) in [6.45, 7) is 1.89. The summed E-state index contributed by atoms with van der Waals surface area (Å²) in [7, 11) is 0. The van der Waals surface area contributed by atoms with Gasteiger partial charge in [-0.25, -0.2) is 13.2 Å². The monoisotopic (exact) mass is 176 g/mol. The lowest BCUT2D eigenvalue weighted by Gasteiger charge is -2.13. The van der Waals surface area contributed by atoms with Crippen LogP contribution >= 0.6 is 0 Å². The molecule has 0 aromatic heterocycles. The minimum Gasteiger partial charge on any atom is -0.211 e. The first-order valence-electron chi connectivity index (χ1n) is 4.01. The lowest BCUT2D eigenvalue weighted by atomic mass is 9.97. The highest BCUT2D eigenvalue weighted by Gasteiger charge is 2.19. The van der Waals surface area contributed by atoms with E-state index in [1.165, 1.54) is 6.08 Å². The van der Waals surface area contributed by atoms with Gasteiger partial charge in [-0.3, -0.25) is 0 Å². The van der Waals surface area contributed by atoms with E-state index in [2.05, 4.69) is 0 Å². The van der Waals surface area contributed by atoms with Crippen molar-refractivity contribution < 1.29 is 13.2 Å². The molecule has 0 saturated carbocycles. The second kappa shape index (κ2) is 3.78. The molecule has 0 fully saturated rings. The molecule has 0 nitrogen and oxygen atoms in total. The summed E-state index contributed by atoms with van der Waals surface area (Å²) < 4.78 is 37.0. The fourth-order valence-electron chi connectivity index (χ4n) is 1.25. The van der Waals surface area contributed by atoms with Crippen molar-refractivity contribution in [3.05, 3.63) is 23.0 Å². The van der Waals surface area contributed by atoms with Crippen molar-refractivity contribution in [2.45, 2.75) is 32.6 Å². The molecule has 0 unspecified atom stereocenters. The summed E-state index contributed by atoms with van der Waals surface area (Å²) in [5.74, 6) is -0.651. The van der Waals surface area contributed by atoms with Crippen LogP contribution in [0.1, 0.15) is 26.2 Å². The first-order valence-corrected chi connectivity index (χ1v) is 4.01. The zero-order valence-electron chi connectivity index (χ0n) is 6.91. The largest absolute Gasteiger partial charge is 0.266 e. The highest BCUT2D eigenvalue weighted by Crippen LogP contribution is 2.29. The Balaban J connectivity index is 2.86. The SMILES string of the molecule is CCC1=CC(C(F)F)=C(F)CC1. The smallest absolute Gasteiger partial charge is 0.211 e. The first kappa shape index (κ1) is 9.36. The molecule has 1 aliphatic rings. The summed E-state index contributed by atoms with van der Waals surface area (Å²) in [6.07, 6.45) is 0.0668. The maximum atomic E-state index is 12.8. The van der Waals surface area contributed by atoms with Crippen molar-refractivity contribution in [3.63, 3.8) is 0 Å². The Labute approximate surface area is 69.8 Å². The van der Waals surface area contributed by atoms with Crippen molar-refractivity contribution in [2.75, 3.05) is 0 Å². The Bertz CT molecular complexity index is 226. The van der Waals surface area contributed by atoms with Gasteiger partial charge < -0.3 is 0 Å². The Morgan fingerprint density at radius 3 is 2.58 bits per heavy atom. The molecule has 1 aliphatic carbocycles. The maximum Gasteiger partial charge on any atom is 0.266 e. The van der Waals surface area contributed by atoms with Gasteiger partial charge >= 0.3 is 0 Å². The molecular formula is C9H11F3.